The highest BCUT2D eigenvalue weighted by molar-refractivity contribution is 7.98. The number of anilines is 1. The Balaban J connectivity index is 2.37. The number of aromatic nitrogens is 1. The van der Waals surface area contributed by atoms with Gasteiger partial charge in [-0.3, -0.25) is 10.1 Å². The number of aliphatic imine (C=N–C) groups is 1. The van der Waals surface area contributed by atoms with Gasteiger partial charge in [0.25, 0.3) is 6.20 Å². The van der Waals surface area contributed by atoms with E-state index < -0.39 is 29.8 Å². The highest BCUT2D eigenvalue weighted by atomic mass is 32.2. The molecule has 0 aliphatic carbocycles. The lowest BCUT2D eigenvalue weighted by Crippen LogP contribution is -2.32. The number of thiazole rings is 1. The fraction of sp³-hybridized carbons (Fsp3) is 0.538. The Morgan fingerprint density at radius 2 is 2.29 bits per heavy atom. The van der Waals surface area contributed by atoms with Crippen LogP contribution in [0.15, 0.2) is 22.4 Å². The van der Waals surface area contributed by atoms with Crippen LogP contribution in [0.4, 0.5) is 22.7 Å². The van der Waals surface area contributed by atoms with Gasteiger partial charge < -0.3 is 21.7 Å². The zero-order valence-corrected chi connectivity index (χ0v) is 16.3. The van der Waals surface area contributed by atoms with Crippen molar-refractivity contribution >= 4 is 34.2 Å². The van der Waals surface area contributed by atoms with Gasteiger partial charge in [0.15, 0.2) is 16.9 Å². The largest absolute Gasteiger partial charge is 0.370 e. The van der Waals surface area contributed by atoms with E-state index in [1.54, 1.807) is 12.4 Å². The molecule has 1 aromatic heterocycles. The monoisotopic (exact) mass is 445 g/mol. The van der Waals surface area contributed by atoms with Crippen LogP contribution in [0.25, 0.3) is 0 Å². The fourth-order valence-corrected chi connectivity index (χ4v) is 3.15. The summed E-state index contributed by atoms with van der Waals surface area (Å²) in [7, 11) is 1.56. The number of hydrogen-bond donors (Lipinski definition) is 4. The number of nitrogens with one attached hydrogen (secondary N) is 3. The van der Waals surface area contributed by atoms with E-state index in [-0.39, 0.29) is 5.82 Å². The molecule has 0 aliphatic rings. The molecular formula is C13H19F4N7O2S2. The van der Waals surface area contributed by atoms with Crippen LogP contribution in [0.2, 0.25) is 0 Å². The average molecular weight is 445 g/mol. The molecule has 0 unspecified atom stereocenters. The third kappa shape index (κ3) is 9.07. The van der Waals surface area contributed by atoms with Crippen molar-refractivity contribution in [2.75, 3.05) is 31.2 Å². The zero-order chi connectivity index (χ0) is 21.2. The lowest BCUT2D eigenvalue weighted by Gasteiger charge is -2.12. The molecule has 0 saturated heterocycles. The number of hydrogen-bond acceptors (Lipinski definition) is 8. The zero-order valence-electron chi connectivity index (χ0n) is 14.6. The van der Waals surface area contributed by atoms with E-state index in [1.807, 2.05) is 0 Å². The van der Waals surface area contributed by atoms with Crippen LogP contribution in [0.3, 0.4) is 0 Å². The minimum Gasteiger partial charge on any atom is -0.370 e. The molecule has 0 saturated carbocycles. The molecule has 0 atom stereocenters. The van der Waals surface area contributed by atoms with E-state index in [2.05, 4.69) is 25.9 Å². The molecule has 0 aromatic carbocycles. The summed E-state index contributed by atoms with van der Waals surface area (Å²) in [5, 5.41) is 20.4. The quantitative estimate of drug-likeness (QED) is 0.0958. The first-order valence-electron chi connectivity index (χ1n) is 7.66. The number of nitrogens with zero attached hydrogens (tertiary/aromatic N) is 3. The molecule has 0 radical (unpaired) electrons. The molecule has 9 nitrogen and oxygen atoms in total. The Morgan fingerprint density at radius 3 is 2.89 bits per heavy atom. The average Bonchev–Trinajstić information content (AvgIpc) is 3.05. The van der Waals surface area contributed by atoms with Crippen molar-refractivity contribution in [1.82, 2.24) is 15.6 Å². The van der Waals surface area contributed by atoms with Crippen LogP contribution in [0, 0.1) is 10.1 Å². The van der Waals surface area contributed by atoms with Crippen LogP contribution >= 0.6 is 23.1 Å². The van der Waals surface area contributed by atoms with Gasteiger partial charge in [0.1, 0.15) is 6.54 Å². The number of alkyl halides is 4. The first kappa shape index (κ1) is 23.7. The van der Waals surface area contributed by atoms with E-state index in [0.29, 0.717) is 28.9 Å². The van der Waals surface area contributed by atoms with Crippen molar-refractivity contribution in [2.45, 2.75) is 18.1 Å². The predicted octanol–water partition coefficient (Wildman–Crippen LogP) is 1.89. The van der Waals surface area contributed by atoms with Crippen LogP contribution < -0.4 is 21.7 Å². The highest BCUT2D eigenvalue weighted by Gasteiger charge is 2.40. The van der Waals surface area contributed by atoms with Crippen LogP contribution in [-0.4, -0.2) is 54.1 Å². The van der Waals surface area contributed by atoms with Crippen molar-refractivity contribution in [3.05, 3.63) is 33.2 Å². The molecule has 5 N–H and O–H groups in total. The number of guanidine groups is 1. The van der Waals surface area contributed by atoms with E-state index in [4.69, 9.17) is 5.73 Å². The first-order valence-corrected chi connectivity index (χ1v) is 9.69. The van der Waals surface area contributed by atoms with Crippen molar-refractivity contribution in [3.63, 3.8) is 0 Å². The third-order valence-corrected chi connectivity index (χ3v) is 4.68. The highest BCUT2D eigenvalue weighted by Crippen LogP contribution is 2.23. The maximum atomic E-state index is 12.8. The molecular weight excluding hydrogens is 426 g/mol. The van der Waals surface area contributed by atoms with Gasteiger partial charge in [-0.25, -0.2) is 18.8 Å². The first-order chi connectivity index (χ1) is 13.1. The Kier molecular flexibility index (Phi) is 9.78. The lowest BCUT2D eigenvalue weighted by molar-refractivity contribution is -0.404. The second kappa shape index (κ2) is 11.5. The standard InChI is InChI=1S/C13H19F4N7O2S2/c1-19-9(4-24(25)26)20-2-3-27-5-8-6-28-12(22-8)23-11(18)21-7-13(16,17)10(14)15/h4,6,10,19-20H,2-3,5,7H2,1H3,(H3,18,21,22,23). The summed E-state index contributed by atoms with van der Waals surface area (Å²) in [4.78, 5) is 17.2. The molecule has 1 rings (SSSR count). The smallest absolute Gasteiger partial charge is 0.326 e. The maximum Gasteiger partial charge on any atom is 0.326 e. The van der Waals surface area contributed by atoms with E-state index in [0.717, 1.165) is 17.5 Å². The molecule has 0 bridgehead atoms. The molecule has 15 heteroatoms. The van der Waals surface area contributed by atoms with Gasteiger partial charge in [0, 0.05) is 30.5 Å². The normalized spacial score (nSPS) is 12.9. The summed E-state index contributed by atoms with van der Waals surface area (Å²) < 4.78 is 49.7. The second-order valence-electron chi connectivity index (χ2n) is 5.09. The van der Waals surface area contributed by atoms with Crippen LogP contribution in [0.1, 0.15) is 5.69 Å². The van der Waals surface area contributed by atoms with E-state index in [1.165, 1.54) is 11.8 Å². The van der Waals surface area contributed by atoms with Crippen LogP contribution in [0.5, 0.6) is 0 Å². The summed E-state index contributed by atoms with van der Waals surface area (Å²) in [6.45, 7) is -0.942. The van der Waals surface area contributed by atoms with Crippen molar-refractivity contribution < 1.29 is 22.5 Å². The minimum absolute atomic E-state index is 0.290. The summed E-state index contributed by atoms with van der Waals surface area (Å²) in [5.41, 5.74) is 6.09. The van der Waals surface area contributed by atoms with Gasteiger partial charge in [-0.15, -0.1) is 11.3 Å². The third-order valence-electron chi connectivity index (χ3n) is 2.88. The van der Waals surface area contributed by atoms with Crippen molar-refractivity contribution in [2.24, 2.45) is 10.7 Å². The van der Waals surface area contributed by atoms with Gasteiger partial charge >= 0.3 is 12.3 Å². The van der Waals surface area contributed by atoms with Gasteiger partial charge in [-0.1, -0.05) is 0 Å². The molecule has 0 amide bonds. The van der Waals surface area contributed by atoms with Crippen molar-refractivity contribution in [1.29, 1.82) is 0 Å². The van der Waals surface area contributed by atoms with Gasteiger partial charge in [0.05, 0.1) is 10.6 Å². The number of nitro groups is 1. The molecule has 1 heterocycles. The molecule has 0 aliphatic heterocycles. The Morgan fingerprint density at radius 1 is 1.57 bits per heavy atom. The molecule has 158 valence electrons. The SMILES string of the molecule is CNC(=C[N+](=O)[O-])NCCSCc1csc(NC(N)=NCC(F)(F)C(F)F)n1. The van der Waals surface area contributed by atoms with E-state index >= 15 is 0 Å². The fourth-order valence-electron chi connectivity index (χ4n) is 1.58. The number of halogens is 4. The predicted molar refractivity (Wildman–Crippen MR) is 101 cm³/mol. The lowest BCUT2D eigenvalue weighted by atomic mass is 10.3. The Hall–Kier alpha value is -2.29. The minimum atomic E-state index is -4.24. The molecule has 0 fully saturated rings. The molecule has 0 spiro atoms. The van der Waals surface area contributed by atoms with Gasteiger partial charge in [-0.05, 0) is 0 Å². The second-order valence-corrected chi connectivity index (χ2v) is 7.05. The van der Waals surface area contributed by atoms with Crippen LogP contribution in [-0.2, 0) is 5.75 Å². The number of thioether (sulfide) groups is 1. The van der Waals surface area contributed by atoms with E-state index in [9.17, 15) is 27.7 Å². The summed E-state index contributed by atoms with van der Waals surface area (Å²) in [6, 6.07) is 0. The summed E-state index contributed by atoms with van der Waals surface area (Å²) in [6.07, 6.45) is -2.99. The van der Waals surface area contributed by atoms with Crippen molar-refractivity contribution in [3.8, 4) is 0 Å². The van der Waals surface area contributed by atoms with Gasteiger partial charge in [0.2, 0.25) is 0 Å². The maximum absolute atomic E-state index is 12.8. The summed E-state index contributed by atoms with van der Waals surface area (Å²) >= 11 is 2.67. The molecule has 1 aromatic rings. The van der Waals surface area contributed by atoms with Gasteiger partial charge in [-0.2, -0.15) is 20.5 Å². The summed E-state index contributed by atoms with van der Waals surface area (Å²) in [5.74, 6) is -3.21. The molecule has 28 heavy (non-hydrogen) atoms. The Bertz CT molecular complexity index is 700. The number of rotatable bonds is 12. The topological polar surface area (TPSA) is 130 Å². The number of nitrogens with two attached hydrogens (primary N) is 1. The Labute approximate surface area is 166 Å².